The van der Waals surface area contributed by atoms with Gasteiger partial charge in [0.05, 0.1) is 20.3 Å². The zero-order valence-electron chi connectivity index (χ0n) is 12.4. The topological polar surface area (TPSA) is 56.8 Å². The lowest BCUT2D eigenvalue weighted by Crippen LogP contribution is -2.25. The molecule has 5 heteroatoms. The molecule has 0 saturated carbocycles. The molecule has 0 atom stereocenters. The molecule has 0 spiro atoms. The van der Waals surface area contributed by atoms with E-state index in [-0.39, 0.29) is 5.91 Å². The first-order valence-corrected chi connectivity index (χ1v) is 6.68. The number of carbonyl (C=O) groups excluding carboxylic acids is 1. The first-order valence-electron chi connectivity index (χ1n) is 6.68. The maximum Gasteiger partial charge on any atom is 0.251 e. The van der Waals surface area contributed by atoms with Crippen LogP contribution in [0.2, 0.25) is 0 Å². The Morgan fingerprint density at radius 1 is 1.20 bits per heavy atom. The summed E-state index contributed by atoms with van der Waals surface area (Å²) in [6.07, 6.45) is 0.776. The molecule has 1 aromatic rings. The molecule has 0 radical (unpaired) electrons. The Labute approximate surface area is 120 Å². The highest BCUT2D eigenvalue weighted by Crippen LogP contribution is 2.18. The fourth-order valence-corrected chi connectivity index (χ4v) is 1.68. The van der Waals surface area contributed by atoms with Gasteiger partial charge in [-0.15, -0.1) is 0 Å². The van der Waals surface area contributed by atoms with Crippen molar-refractivity contribution in [2.45, 2.75) is 13.3 Å². The molecule has 112 valence electrons. The van der Waals surface area contributed by atoms with Crippen molar-refractivity contribution in [3.63, 3.8) is 0 Å². The highest BCUT2D eigenvalue weighted by molar-refractivity contribution is 5.94. The molecule has 20 heavy (non-hydrogen) atoms. The summed E-state index contributed by atoms with van der Waals surface area (Å²) >= 11 is 0. The van der Waals surface area contributed by atoms with E-state index in [0.29, 0.717) is 31.9 Å². The Hall–Kier alpha value is -1.59. The van der Waals surface area contributed by atoms with E-state index in [1.165, 1.54) is 0 Å². The first kappa shape index (κ1) is 16.5. The van der Waals surface area contributed by atoms with Crippen LogP contribution in [0.1, 0.15) is 22.3 Å². The summed E-state index contributed by atoms with van der Waals surface area (Å²) in [5.41, 5.74) is 1.61. The maximum absolute atomic E-state index is 11.9. The number of hydrogen-bond acceptors (Lipinski definition) is 4. The molecule has 1 aromatic carbocycles. The Bertz CT molecular complexity index is 420. The number of methoxy groups -OCH3 is 2. The van der Waals surface area contributed by atoms with Gasteiger partial charge in [0.25, 0.3) is 5.91 Å². The van der Waals surface area contributed by atoms with E-state index in [9.17, 15) is 4.79 Å². The molecule has 0 aliphatic rings. The average Bonchev–Trinajstić information content (AvgIpc) is 2.46. The Balaban J connectivity index is 2.29. The monoisotopic (exact) mass is 281 g/mol. The van der Waals surface area contributed by atoms with Crippen molar-refractivity contribution >= 4 is 5.91 Å². The second kappa shape index (κ2) is 9.34. The van der Waals surface area contributed by atoms with E-state index in [1.54, 1.807) is 26.4 Å². The van der Waals surface area contributed by atoms with Gasteiger partial charge in [-0.05, 0) is 31.0 Å². The van der Waals surface area contributed by atoms with Crippen molar-refractivity contribution < 1.29 is 19.0 Å². The highest BCUT2D eigenvalue weighted by Gasteiger charge is 2.07. The van der Waals surface area contributed by atoms with Gasteiger partial charge < -0.3 is 19.5 Å². The second-order valence-electron chi connectivity index (χ2n) is 4.40. The zero-order valence-corrected chi connectivity index (χ0v) is 12.4. The summed E-state index contributed by atoms with van der Waals surface area (Å²) in [5, 5.41) is 2.85. The van der Waals surface area contributed by atoms with Gasteiger partial charge in [-0.3, -0.25) is 4.79 Å². The van der Waals surface area contributed by atoms with E-state index in [4.69, 9.17) is 14.2 Å². The fraction of sp³-hybridized carbons (Fsp3) is 0.533. The van der Waals surface area contributed by atoms with Crippen LogP contribution < -0.4 is 10.1 Å². The zero-order chi connectivity index (χ0) is 14.8. The average molecular weight is 281 g/mol. The van der Waals surface area contributed by atoms with Crippen molar-refractivity contribution in [3.05, 3.63) is 29.3 Å². The lowest BCUT2D eigenvalue weighted by molar-refractivity contribution is 0.0688. The Morgan fingerprint density at radius 3 is 2.70 bits per heavy atom. The summed E-state index contributed by atoms with van der Waals surface area (Å²) in [4.78, 5) is 11.9. The minimum absolute atomic E-state index is 0.0970. The van der Waals surface area contributed by atoms with E-state index in [1.807, 2.05) is 13.0 Å². The molecule has 0 unspecified atom stereocenters. The molecular weight excluding hydrogens is 258 g/mol. The molecular formula is C15H23NO4. The van der Waals surface area contributed by atoms with Crippen LogP contribution in [0.3, 0.4) is 0 Å². The van der Waals surface area contributed by atoms with Crippen LogP contribution in [0.4, 0.5) is 0 Å². The number of carbonyl (C=O) groups is 1. The number of hydrogen-bond donors (Lipinski definition) is 1. The first-order chi connectivity index (χ1) is 9.69. The third-order valence-corrected chi connectivity index (χ3v) is 2.85. The van der Waals surface area contributed by atoms with Crippen LogP contribution >= 0.6 is 0 Å². The molecule has 0 heterocycles. The molecule has 0 aliphatic heterocycles. The van der Waals surface area contributed by atoms with Gasteiger partial charge in [-0.2, -0.15) is 0 Å². The van der Waals surface area contributed by atoms with Crippen LogP contribution in [0, 0.1) is 6.92 Å². The Morgan fingerprint density at radius 2 is 2.00 bits per heavy atom. The second-order valence-corrected chi connectivity index (χ2v) is 4.40. The van der Waals surface area contributed by atoms with Crippen LogP contribution in [0.25, 0.3) is 0 Å². The van der Waals surface area contributed by atoms with Gasteiger partial charge >= 0.3 is 0 Å². The SMILES string of the molecule is COCCOCCCNC(=O)c1ccc(C)c(OC)c1. The third kappa shape index (κ3) is 5.59. The van der Waals surface area contributed by atoms with Crippen molar-refractivity contribution in [2.75, 3.05) is 40.6 Å². The quantitative estimate of drug-likeness (QED) is 0.701. The van der Waals surface area contributed by atoms with Crippen LogP contribution in [-0.2, 0) is 9.47 Å². The smallest absolute Gasteiger partial charge is 0.251 e. The van der Waals surface area contributed by atoms with Crippen molar-refractivity contribution in [1.82, 2.24) is 5.32 Å². The van der Waals surface area contributed by atoms with Gasteiger partial charge in [-0.25, -0.2) is 0 Å². The van der Waals surface area contributed by atoms with Gasteiger partial charge in [0.1, 0.15) is 5.75 Å². The number of ether oxygens (including phenoxy) is 3. The minimum Gasteiger partial charge on any atom is -0.496 e. The number of nitrogens with one attached hydrogen (secondary N) is 1. The number of benzene rings is 1. The predicted octanol–water partition coefficient (Wildman–Crippen LogP) is 1.79. The maximum atomic E-state index is 11.9. The van der Waals surface area contributed by atoms with Crippen LogP contribution in [0.5, 0.6) is 5.75 Å². The van der Waals surface area contributed by atoms with Crippen LogP contribution in [0.15, 0.2) is 18.2 Å². The lowest BCUT2D eigenvalue weighted by atomic mass is 10.1. The lowest BCUT2D eigenvalue weighted by Gasteiger charge is -2.09. The molecule has 1 rings (SSSR count). The molecule has 5 nitrogen and oxygen atoms in total. The van der Waals surface area contributed by atoms with E-state index < -0.39 is 0 Å². The summed E-state index contributed by atoms with van der Waals surface area (Å²) in [6, 6.07) is 5.42. The normalized spacial score (nSPS) is 10.3. The summed E-state index contributed by atoms with van der Waals surface area (Å²) < 4.78 is 15.4. The molecule has 0 fully saturated rings. The summed E-state index contributed by atoms with van der Waals surface area (Å²) in [6.45, 7) is 4.32. The largest absolute Gasteiger partial charge is 0.496 e. The molecule has 0 saturated heterocycles. The Kier molecular flexibility index (Phi) is 7.69. The third-order valence-electron chi connectivity index (χ3n) is 2.85. The van der Waals surface area contributed by atoms with Crippen molar-refractivity contribution in [1.29, 1.82) is 0 Å². The fourth-order valence-electron chi connectivity index (χ4n) is 1.68. The number of aryl methyl sites for hydroxylation is 1. The van der Waals surface area contributed by atoms with Gasteiger partial charge in [0.15, 0.2) is 0 Å². The van der Waals surface area contributed by atoms with Gasteiger partial charge in [0, 0.05) is 25.8 Å². The molecule has 0 bridgehead atoms. The predicted molar refractivity (Wildman–Crippen MR) is 77.4 cm³/mol. The van der Waals surface area contributed by atoms with Gasteiger partial charge in [0.2, 0.25) is 0 Å². The molecule has 0 aromatic heterocycles. The summed E-state index contributed by atoms with van der Waals surface area (Å²) in [7, 11) is 3.24. The van der Waals surface area contributed by atoms with Crippen molar-refractivity contribution in [3.8, 4) is 5.75 Å². The van der Waals surface area contributed by atoms with E-state index in [2.05, 4.69) is 5.32 Å². The molecule has 1 N–H and O–H groups in total. The van der Waals surface area contributed by atoms with Gasteiger partial charge in [-0.1, -0.05) is 6.07 Å². The standard InChI is InChI=1S/C15H23NO4/c1-12-5-6-13(11-14(12)19-3)15(17)16-7-4-8-20-10-9-18-2/h5-6,11H,4,7-10H2,1-3H3,(H,16,17). The van der Waals surface area contributed by atoms with Crippen molar-refractivity contribution in [2.24, 2.45) is 0 Å². The highest BCUT2D eigenvalue weighted by atomic mass is 16.5. The molecule has 1 amide bonds. The minimum atomic E-state index is -0.0970. The van der Waals surface area contributed by atoms with E-state index in [0.717, 1.165) is 17.7 Å². The van der Waals surface area contributed by atoms with Crippen LogP contribution in [-0.4, -0.2) is 46.5 Å². The number of amides is 1. The number of rotatable bonds is 9. The molecule has 0 aliphatic carbocycles. The van der Waals surface area contributed by atoms with E-state index >= 15 is 0 Å². The summed E-state index contributed by atoms with van der Waals surface area (Å²) in [5.74, 6) is 0.626.